The average Bonchev–Trinajstić information content (AvgIpc) is 3.10. The SMILES string of the molecule is CCN(CC)S(=O)(=O)c1ccc2nnc(N[C@@H](C)C(=O)N3CCCCC3)n2c1. The Balaban J connectivity index is 1.85. The van der Waals surface area contributed by atoms with Gasteiger partial charge in [0.05, 0.1) is 4.90 Å². The van der Waals surface area contributed by atoms with Crippen molar-refractivity contribution < 1.29 is 13.2 Å². The molecular weight excluding hydrogens is 380 g/mol. The Bertz CT molecular complexity index is 932. The zero-order valence-corrected chi connectivity index (χ0v) is 17.4. The molecular formula is C18H28N6O3S. The van der Waals surface area contributed by atoms with Gasteiger partial charge in [-0.1, -0.05) is 13.8 Å². The van der Waals surface area contributed by atoms with Crippen LogP contribution in [0.5, 0.6) is 0 Å². The third-order valence-electron chi connectivity index (χ3n) is 5.10. The van der Waals surface area contributed by atoms with Gasteiger partial charge in [0.15, 0.2) is 5.65 Å². The number of likely N-dealkylation sites (tertiary alicyclic amines) is 1. The Morgan fingerprint density at radius 2 is 1.86 bits per heavy atom. The Morgan fingerprint density at radius 3 is 2.50 bits per heavy atom. The summed E-state index contributed by atoms with van der Waals surface area (Å²) < 4.78 is 28.6. The van der Waals surface area contributed by atoms with Crippen LogP contribution < -0.4 is 5.32 Å². The number of anilines is 1. The van der Waals surface area contributed by atoms with Crippen LogP contribution in [0.1, 0.15) is 40.0 Å². The van der Waals surface area contributed by atoms with Crippen molar-refractivity contribution in [1.82, 2.24) is 23.8 Å². The summed E-state index contributed by atoms with van der Waals surface area (Å²) in [5.41, 5.74) is 0.513. The maximum Gasteiger partial charge on any atom is 0.244 e. The molecule has 9 nitrogen and oxygen atoms in total. The second kappa shape index (κ2) is 8.44. The van der Waals surface area contributed by atoms with Crippen molar-refractivity contribution in [2.24, 2.45) is 0 Å². The first-order chi connectivity index (χ1) is 13.4. The van der Waals surface area contributed by atoms with Gasteiger partial charge < -0.3 is 10.2 Å². The van der Waals surface area contributed by atoms with Gasteiger partial charge in [0.1, 0.15) is 6.04 Å². The van der Waals surface area contributed by atoms with E-state index >= 15 is 0 Å². The average molecular weight is 409 g/mol. The Kier molecular flexibility index (Phi) is 6.19. The highest BCUT2D eigenvalue weighted by molar-refractivity contribution is 7.89. The molecule has 0 spiro atoms. The van der Waals surface area contributed by atoms with E-state index in [0.717, 1.165) is 32.4 Å². The van der Waals surface area contributed by atoms with Gasteiger partial charge in [-0.25, -0.2) is 8.42 Å². The number of carbonyl (C=O) groups is 1. The lowest BCUT2D eigenvalue weighted by Gasteiger charge is -2.29. The van der Waals surface area contributed by atoms with Gasteiger partial charge in [0.25, 0.3) is 0 Å². The number of piperidine rings is 1. The molecule has 2 aromatic rings. The van der Waals surface area contributed by atoms with Crippen LogP contribution in [-0.2, 0) is 14.8 Å². The maximum atomic E-state index is 12.8. The van der Waals surface area contributed by atoms with Crippen molar-refractivity contribution in [3.63, 3.8) is 0 Å². The van der Waals surface area contributed by atoms with Gasteiger partial charge in [-0.3, -0.25) is 9.20 Å². The molecule has 3 heterocycles. The van der Waals surface area contributed by atoms with E-state index in [2.05, 4.69) is 15.5 Å². The van der Waals surface area contributed by atoms with E-state index in [0.29, 0.717) is 24.7 Å². The molecule has 0 unspecified atom stereocenters. The molecule has 1 saturated heterocycles. The summed E-state index contributed by atoms with van der Waals surface area (Å²) in [6.45, 7) is 7.74. The summed E-state index contributed by atoms with van der Waals surface area (Å²) in [5.74, 6) is 0.368. The Hall–Kier alpha value is -2.20. The van der Waals surface area contributed by atoms with E-state index in [-0.39, 0.29) is 10.8 Å². The molecule has 1 amide bonds. The first-order valence-corrected chi connectivity index (χ1v) is 11.2. The van der Waals surface area contributed by atoms with Gasteiger partial charge in [-0.15, -0.1) is 10.2 Å². The van der Waals surface area contributed by atoms with Crippen LogP contribution in [0.15, 0.2) is 23.2 Å². The number of hydrogen-bond donors (Lipinski definition) is 1. The lowest BCUT2D eigenvalue weighted by Crippen LogP contribution is -2.44. The Morgan fingerprint density at radius 1 is 1.18 bits per heavy atom. The summed E-state index contributed by atoms with van der Waals surface area (Å²) in [5, 5.41) is 11.3. The van der Waals surface area contributed by atoms with E-state index in [1.807, 2.05) is 4.90 Å². The molecule has 0 saturated carbocycles. The number of hydrogen-bond acceptors (Lipinski definition) is 6. The quantitative estimate of drug-likeness (QED) is 0.747. The minimum atomic E-state index is -3.60. The first-order valence-electron chi connectivity index (χ1n) is 9.78. The zero-order valence-electron chi connectivity index (χ0n) is 16.6. The van der Waals surface area contributed by atoms with Crippen LogP contribution in [0.3, 0.4) is 0 Å². The van der Waals surface area contributed by atoms with Gasteiger partial charge in [0.2, 0.25) is 21.9 Å². The van der Waals surface area contributed by atoms with E-state index in [1.54, 1.807) is 31.2 Å². The summed E-state index contributed by atoms with van der Waals surface area (Å²) in [6.07, 6.45) is 4.71. The number of rotatable bonds is 7. The van der Waals surface area contributed by atoms with Crippen molar-refractivity contribution in [2.75, 3.05) is 31.5 Å². The van der Waals surface area contributed by atoms with Crippen molar-refractivity contribution in [1.29, 1.82) is 0 Å². The molecule has 28 heavy (non-hydrogen) atoms. The molecule has 1 fully saturated rings. The van der Waals surface area contributed by atoms with E-state index in [9.17, 15) is 13.2 Å². The van der Waals surface area contributed by atoms with Gasteiger partial charge in [-0.05, 0) is 38.3 Å². The monoisotopic (exact) mass is 408 g/mol. The fourth-order valence-corrected chi connectivity index (χ4v) is 4.94. The molecule has 1 aliphatic rings. The lowest BCUT2D eigenvalue weighted by atomic mass is 10.1. The number of nitrogens with one attached hydrogen (secondary N) is 1. The largest absolute Gasteiger partial charge is 0.342 e. The second-order valence-corrected chi connectivity index (χ2v) is 8.90. The molecule has 0 aromatic carbocycles. The third-order valence-corrected chi connectivity index (χ3v) is 7.14. The molecule has 0 radical (unpaired) electrons. The number of aromatic nitrogens is 3. The summed E-state index contributed by atoms with van der Waals surface area (Å²) in [7, 11) is -3.60. The molecule has 1 N–H and O–H groups in total. The highest BCUT2D eigenvalue weighted by Gasteiger charge is 2.25. The van der Waals surface area contributed by atoms with Crippen molar-refractivity contribution in [2.45, 2.75) is 51.0 Å². The van der Waals surface area contributed by atoms with Crippen LogP contribution in [0.25, 0.3) is 5.65 Å². The molecule has 2 aromatic heterocycles. The number of nitrogens with zero attached hydrogens (tertiary/aromatic N) is 5. The van der Waals surface area contributed by atoms with Crippen LogP contribution in [0.2, 0.25) is 0 Å². The van der Waals surface area contributed by atoms with E-state index in [4.69, 9.17) is 0 Å². The number of amides is 1. The molecule has 1 aliphatic heterocycles. The highest BCUT2D eigenvalue weighted by atomic mass is 32.2. The number of pyridine rings is 1. The minimum absolute atomic E-state index is 0.0170. The fourth-order valence-electron chi connectivity index (χ4n) is 3.48. The molecule has 154 valence electrons. The van der Waals surface area contributed by atoms with E-state index in [1.165, 1.54) is 16.6 Å². The third kappa shape index (κ3) is 3.97. The molecule has 0 bridgehead atoms. The van der Waals surface area contributed by atoms with Crippen LogP contribution in [0.4, 0.5) is 5.95 Å². The summed E-state index contributed by atoms with van der Waals surface area (Å²) in [4.78, 5) is 14.7. The summed E-state index contributed by atoms with van der Waals surface area (Å²) >= 11 is 0. The van der Waals surface area contributed by atoms with Gasteiger partial charge in [0, 0.05) is 32.4 Å². The Labute approximate surface area is 165 Å². The second-order valence-electron chi connectivity index (χ2n) is 6.96. The zero-order chi connectivity index (χ0) is 20.3. The van der Waals surface area contributed by atoms with Crippen molar-refractivity contribution in [3.05, 3.63) is 18.3 Å². The fraction of sp³-hybridized carbons (Fsp3) is 0.611. The molecule has 0 aliphatic carbocycles. The molecule has 3 rings (SSSR count). The standard InChI is InChI=1S/C18H28N6O3S/c1-4-23(5-2)28(26,27)15-9-10-16-20-21-18(24(16)13-15)19-14(3)17(25)22-11-7-6-8-12-22/h9-10,13-14H,4-8,11-12H2,1-3H3,(H,19,21)/t14-/m0/s1. The number of fused-ring (bicyclic) bond motifs is 1. The molecule has 1 atom stereocenters. The summed E-state index contributed by atoms with van der Waals surface area (Å²) in [6, 6.07) is 2.67. The number of carbonyl (C=O) groups excluding carboxylic acids is 1. The van der Waals surface area contributed by atoms with Gasteiger partial charge >= 0.3 is 0 Å². The topological polar surface area (TPSA) is 99.9 Å². The normalized spacial score (nSPS) is 16.5. The predicted molar refractivity (Wildman–Crippen MR) is 107 cm³/mol. The number of sulfonamides is 1. The lowest BCUT2D eigenvalue weighted by molar-refractivity contribution is -0.132. The minimum Gasteiger partial charge on any atom is -0.342 e. The van der Waals surface area contributed by atoms with Gasteiger partial charge in [-0.2, -0.15) is 4.31 Å². The molecule has 10 heteroatoms. The van der Waals surface area contributed by atoms with Crippen molar-refractivity contribution in [3.8, 4) is 0 Å². The van der Waals surface area contributed by atoms with Crippen LogP contribution in [-0.4, -0.2) is 70.3 Å². The smallest absolute Gasteiger partial charge is 0.244 e. The maximum absolute atomic E-state index is 12.8. The van der Waals surface area contributed by atoms with Crippen LogP contribution in [0, 0.1) is 0 Å². The van der Waals surface area contributed by atoms with Crippen molar-refractivity contribution >= 4 is 27.5 Å². The highest BCUT2D eigenvalue weighted by Crippen LogP contribution is 2.19. The predicted octanol–water partition coefficient (Wildman–Crippen LogP) is 1.57. The first kappa shape index (κ1) is 20.5. The van der Waals surface area contributed by atoms with Crippen LogP contribution >= 0.6 is 0 Å². The van der Waals surface area contributed by atoms with E-state index < -0.39 is 16.1 Å².